The van der Waals surface area contributed by atoms with Crippen molar-refractivity contribution in [3.8, 4) is 0 Å². The summed E-state index contributed by atoms with van der Waals surface area (Å²) in [5.74, 6) is 0. The van der Waals surface area contributed by atoms with Crippen LogP contribution in [-0.2, 0) is 15.9 Å². The van der Waals surface area contributed by atoms with Crippen LogP contribution in [0.15, 0.2) is 6.07 Å². The molecule has 0 aromatic carbocycles. The Morgan fingerprint density at radius 1 is 1.42 bits per heavy atom. The summed E-state index contributed by atoms with van der Waals surface area (Å²) >= 11 is 4.35. The molecule has 1 aromatic heterocycles. The maximum Gasteiger partial charge on any atom is 0.169 e. The molecule has 0 saturated heterocycles. The maximum atomic E-state index is 5.58. The summed E-state index contributed by atoms with van der Waals surface area (Å²) in [4.78, 5) is 1.55. The standard InChI is InChI=1S/C14H22INO2S/c1-3-17-14(18-4-2)9-16-11-6-5-7-12-10(11)8-13(15)19-12/h8,11,14,16H,3-7,9H2,1-2H3. The fourth-order valence-electron chi connectivity index (χ4n) is 2.51. The van der Waals surface area contributed by atoms with Gasteiger partial charge in [0.15, 0.2) is 6.29 Å². The third kappa shape index (κ3) is 4.39. The van der Waals surface area contributed by atoms with Crippen LogP contribution in [0.4, 0.5) is 0 Å². The van der Waals surface area contributed by atoms with Gasteiger partial charge >= 0.3 is 0 Å². The van der Waals surface area contributed by atoms with Crippen molar-refractivity contribution in [3.63, 3.8) is 0 Å². The van der Waals surface area contributed by atoms with Gasteiger partial charge in [0, 0.05) is 30.7 Å². The SMILES string of the molecule is CCOC(CNC1CCCc2sc(I)cc21)OCC. The molecule has 0 bridgehead atoms. The van der Waals surface area contributed by atoms with Crippen LogP contribution in [-0.4, -0.2) is 26.0 Å². The highest BCUT2D eigenvalue weighted by Crippen LogP contribution is 2.36. The normalized spacial score (nSPS) is 18.8. The Labute approximate surface area is 133 Å². The molecule has 0 amide bonds. The minimum Gasteiger partial charge on any atom is -0.352 e. The lowest BCUT2D eigenvalue weighted by Gasteiger charge is -2.26. The van der Waals surface area contributed by atoms with Gasteiger partial charge in [-0.15, -0.1) is 11.3 Å². The lowest BCUT2D eigenvalue weighted by molar-refractivity contribution is -0.134. The Morgan fingerprint density at radius 2 is 2.16 bits per heavy atom. The Balaban J connectivity index is 1.92. The minimum absolute atomic E-state index is 0.127. The minimum atomic E-state index is -0.127. The molecule has 0 aliphatic heterocycles. The van der Waals surface area contributed by atoms with Crippen molar-refractivity contribution in [2.24, 2.45) is 0 Å². The molecule has 108 valence electrons. The van der Waals surface area contributed by atoms with Crippen molar-refractivity contribution in [2.45, 2.75) is 45.4 Å². The van der Waals surface area contributed by atoms with E-state index in [9.17, 15) is 0 Å². The van der Waals surface area contributed by atoms with Crippen molar-refractivity contribution < 1.29 is 9.47 Å². The van der Waals surface area contributed by atoms with E-state index in [2.05, 4.69) is 34.0 Å². The summed E-state index contributed by atoms with van der Waals surface area (Å²) in [6, 6.07) is 2.79. The molecule has 2 rings (SSSR count). The van der Waals surface area contributed by atoms with E-state index in [4.69, 9.17) is 9.47 Å². The van der Waals surface area contributed by atoms with Crippen molar-refractivity contribution in [3.05, 3.63) is 19.4 Å². The number of thiophene rings is 1. The summed E-state index contributed by atoms with van der Waals surface area (Å²) in [5.41, 5.74) is 1.49. The third-order valence-corrected chi connectivity index (χ3v) is 5.29. The van der Waals surface area contributed by atoms with Gasteiger partial charge in [-0.1, -0.05) is 0 Å². The van der Waals surface area contributed by atoms with E-state index in [0.29, 0.717) is 19.3 Å². The molecule has 1 aliphatic rings. The lowest BCUT2D eigenvalue weighted by Crippen LogP contribution is -2.35. The number of aryl methyl sites for hydroxylation is 1. The molecule has 1 heterocycles. The van der Waals surface area contributed by atoms with Gasteiger partial charge in [-0.05, 0) is 67.3 Å². The van der Waals surface area contributed by atoms with Gasteiger partial charge in [0.25, 0.3) is 0 Å². The van der Waals surface area contributed by atoms with E-state index in [-0.39, 0.29) is 6.29 Å². The Hall–Kier alpha value is 0.310. The molecule has 5 heteroatoms. The molecule has 1 aromatic rings. The first-order valence-electron chi connectivity index (χ1n) is 6.99. The van der Waals surface area contributed by atoms with E-state index in [1.54, 1.807) is 4.88 Å². The van der Waals surface area contributed by atoms with Gasteiger partial charge in [0.2, 0.25) is 0 Å². The highest BCUT2D eigenvalue weighted by Gasteiger charge is 2.23. The molecule has 0 fully saturated rings. The highest BCUT2D eigenvalue weighted by molar-refractivity contribution is 14.1. The topological polar surface area (TPSA) is 30.5 Å². The van der Waals surface area contributed by atoms with Crippen molar-refractivity contribution in [2.75, 3.05) is 19.8 Å². The molecular weight excluding hydrogens is 373 g/mol. The van der Waals surface area contributed by atoms with Crippen LogP contribution in [0.1, 0.15) is 43.2 Å². The second-order valence-electron chi connectivity index (χ2n) is 4.62. The molecule has 0 radical (unpaired) electrons. The van der Waals surface area contributed by atoms with Crippen LogP contribution in [0.25, 0.3) is 0 Å². The number of halogens is 1. The maximum absolute atomic E-state index is 5.58. The summed E-state index contributed by atoms with van der Waals surface area (Å²) in [7, 11) is 0. The predicted octanol–water partition coefficient (Wildman–Crippen LogP) is 3.72. The van der Waals surface area contributed by atoms with Gasteiger partial charge in [0.1, 0.15) is 0 Å². The van der Waals surface area contributed by atoms with Crippen LogP contribution < -0.4 is 5.32 Å². The number of hydrogen-bond donors (Lipinski definition) is 1. The zero-order valence-corrected chi connectivity index (χ0v) is 14.6. The molecule has 1 aliphatic carbocycles. The van der Waals surface area contributed by atoms with Gasteiger partial charge in [-0.3, -0.25) is 0 Å². The van der Waals surface area contributed by atoms with E-state index in [0.717, 1.165) is 6.54 Å². The monoisotopic (exact) mass is 395 g/mol. The third-order valence-electron chi connectivity index (χ3n) is 3.32. The van der Waals surface area contributed by atoms with Crippen LogP contribution in [0.5, 0.6) is 0 Å². The fourth-order valence-corrected chi connectivity index (χ4v) is 4.63. The smallest absolute Gasteiger partial charge is 0.169 e. The average Bonchev–Trinajstić information content (AvgIpc) is 2.77. The van der Waals surface area contributed by atoms with E-state index in [1.807, 2.05) is 25.2 Å². The molecule has 3 nitrogen and oxygen atoms in total. The molecule has 1 atom stereocenters. The van der Waals surface area contributed by atoms with Crippen molar-refractivity contribution in [1.82, 2.24) is 5.32 Å². The Kier molecular flexibility index (Phi) is 6.55. The number of ether oxygens (including phenoxy) is 2. The average molecular weight is 395 g/mol. The highest BCUT2D eigenvalue weighted by atomic mass is 127. The number of hydrogen-bond acceptors (Lipinski definition) is 4. The first-order chi connectivity index (χ1) is 9.24. The second-order valence-corrected chi connectivity index (χ2v) is 7.65. The summed E-state index contributed by atoms with van der Waals surface area (Å²) in [6.45, 7) is 6.16. The van der Waals surface area contributed by atoms with Gasteiger partial charge in [-0.2, -0.15) is 0 Å². The van der Waals surface area contributed by atoms with E-state index < -0.39 is 0 Å². The fraction of sp³-hybridized carbons (Fsp3) is 0.714. The van der Waals surface area contributed by atoms with Crippen LogP contribution >= 0.6 is 33.9 Å². The second kappa shape index (κ2) is 7.93. The molecular formula is C14H22INO2S. The quantitative estimate of drug-likeness (QED) is 0.564. The summed E-state index contributed by atoms with van der Waals surface area (Å²) in [6.07, 6.45) is 3.60. The zero-order valence-electron chi connectivity index (χ0n) is 11.6. The number of fused-ring (bicyclic) bond motifs is 1. The molecule has 19 heavy (non-hydrogen) atoms. The molecule has 1 N–H and O–H groups in total. The zero-order chi connectivity index (χ0) is 13.7. The van der Waals surface area contributed by atoms with Gasteiger partial charge in [0.05, 0.1) is 2.88 Å². The summed E-state index contributed by atoms with van der Waals surface area (Å²) in [5, 5.41) is 3.61. The first-order valence-corrected chi connectivity index (χ1v) is 8.88. The lowest BCUT2D eigenvalue weighted by atomic mass is 9.94. The molecule has 0 saturated carbocycles. The summed E-state index contributed by atoms with van der Waals surface area (Å²) < 4.78 is 12.6. The number of nitrogens with one attached hydrogen (secondary N) is 1. The largest absolute Gasteiger partial charge is 0.352 e. The van der Waals surface area contributed by atoms with E-state index >= 15 is 0 Å². The predicted molar refractivity (Wildman–Crippen MR) is 87.8 cm³/mol. The van der Waals surface area contributed by atoms with Crippen LogP contribution in [0.3, 0.4) is 0 Å². The van der Waals surface area contributed by atoms with E-state index in [1.165, 1.54) is 27.7 Å². The van der Waals surface area contributed by atoms with Gasteiger partial charge in [-0.25, -0.2) is 0 Å². The van der Waals surface area contributed by atoms with Gasteiger partial charge < -0.3 is 14.8 Å². The van der Waals surface area contributed by atoms with Crippen molar-refractivity contribution in [1.29, 1.82) is 0 Å². The Bertz CT molecular complexity index is 391. The van der Waals surface area contributed by atoms with Crippen LogP contribution in [0, 0.1) is 2.88 Å². The van der Waals surface area contributed by atoms with Crippen LogP contribution in [0.2, 0.25) is 0 Å². The van der Waals surface area contributed by atoms with Crippen molar-refractivity contribution >= 4 is 33.9 Å². The first kappa shape index (κ1) is 15.7. The Morgan fingerprint density at radius 3 is 2.84 bits per heavy atom. The number of rotatable bonds is 7. The molecule has 0 spiro atoms. The molecule has 1 unspecified atom stereocenters.